The molecule has 0 atom stereocenters. The first-order valence-electron chi connectivity index (χ1n) is 7.00. The zero-order valence-electron chi connectivity index (χ0n) is 11.9. The van der Waals surface area contributed by atoms with E-state index in [1.807, 2.05) is 6.92 Å². The second-order valence-electron chi connectivity index (χ2n) is 4.84. The first kappa shape index (κ1) is 14.7. The van der Waals surface area contributed by atoms with E-state index < -0.39 is 0 Å². The molecule has 20 heavy (non-hydrogen) atoms. The highest BCUT2D eigenvalue weighted by Crippen LogP contribution is 2.22. The molecule has 0 saturated heterocycles. The van der Waals surface area contributed by atoms with Gasteiger partial charge in [0.2, 0.25) is 5.89 Å². The lowest BCUT2D eigenvalue weighted by molar-refractivity contribution is 0.488. The average molecular weight is 277 g/mol. The number of nitrogens with one attached hydrogen (secondary N) is 1. The molecule has 0 amide bonds. The number of nitrogens with zero attached hydrogens (tertiary/aromatic N) is 2. The summed E-state index contributed by atoms with van der Waals surface area (Å²) >= 11 is 0. The van der Waals surface area contributed by atoms with Crippen molar-refractivity contribution < 1.29 is 8.81 Å². The van der Waals surface area contributed by atoms with Crippen LogP contribution in [-0.2, 0) is 6.42 Å². The summed E-state index contributed by atoms with van der Waals surface area (Å²) in [6.45, 7) is 5.97. The summed E-state index contributed by atoms with van der Waals surface area (Å²) in [7, 11) is 0. The standard InChI is InChI=1S/C15H20FN3O/c1-3-8-17-9-4-5-14-18-19-15(20-14)12-10-11(2)6-7-13(12)16/h6-7,10,17H,3-5,8-9H2,1-2H3. The first-order valence-corrected chi connectivity index (χ1v) is 7.00. The topological polar surface area (TPSA) is 51.0 Å². The highest BCUT2D eigenvalue weighted by molar-refractivity contribution is 5.54. The minimum Gasteiger partial charge on any atom is -0.421 e. The SMILES string of the molecule is CCCNCCCc1nnc(-c2cc(C)ccc2F)o1. The van der Waals surface area contributed by atoms with Crippen LogP contribution in [0, 0.1) is 12.7 Å². The van der Waals surface area contributed by atoms with E-state index >= 15 is 0 Å². The largest absolute Gasteiger partial charge is 0.421 e. The molecule has 0 aliphatic heterocycles. The number of hydrogen-bond donors (Lipinski definition) is 1. The molecule has 2 rings (SSSR count). The predicted octanol–water partition coefficient (Wildman–Crippen LogP) is 3.12. The second kappa shape index (κ2) is 7.14. The lowest BCUT2D eigenvalue weighted by Gasteiger charge is -2.00. The van der Waals surface area contributed by atoms with Crippen molar-refractivity contribution in [3.8, 4) is 11.5 Å². The fourth-order valence-electron chi connectivity index (χ4n) is 1.93. The van der Waals surface area contributed by atoms with Gasteiger partial charge in [-0.15, -0.1) is 10.2 Å². The number of benzene rings is 1. The van der Waals surface area contributed by atoms with Crippen molar-refractivity contribution in [2.24, 2.45) is 0 Å². The van der Waals surface area contributed by atoms with Crippen molar-refractivity contribution in [1.29, 1.82) is 0 Å². The van der Waals surface area contributed by atoms with E-state index in [0.717, 1.165) is 31.5 Å². The van der Waals surface area contributed by atoms with Crippen LogP contribution >= 0.6 is 0 Å². The molecule has 5 heteroatoms. The van der Waals surface area contributed by atoms with E-state index in [2.05, 4.69) is 22.4 Å². The van der Waals surface area contributed by atoms with E-state index in [-0.39, 0.29) is 11.7 Å². The molecule has 2 aromatic rings. The molecule has 0 aliphatic carbocycles. The van der Waals surface area contributed by atoms with Gasteiger partial charge in [0.1, 0.15) is 5.82 Å². The molecule has 0 fully saturated rings. The fraction of sp³-hybridized carbons (Fsp3) is 0.467. The molecule has 1 N–H and O–H groups in total. The van der Waals surface area contributed by atoms with Gasteiger partial charge in [-0.2, -0.15) is 0 Å². The lowest BCUT2D eigenvalue weighted by Crippen LogP contribution is -2.16. The molecular weight excluding hydrogens is 257 g/mol. The van der Waals surface area contributed by atoms with Gasteiger partial charge < -0.3 is 9.73 Å². The Kier molecular flexibility index (Phi) is 5.24. The van der Waals surface area contributed by atoms with Crippen LogP contribution in [0.3, 0.4) is 0 Å². The Labute approximate surface area is 118 Å². The minimum atomic E-state index is -0.338. The Morgan fingerprint density at radius 2 is 2.10 bits per heavy atom. The van der Waals surface area contributed by atoms with Crippen LogP contribution in [0.4, 0.5) is 4.39 Å². The molecule has 1 aromatic carbocycles. The third-order valence-electron chi connectivity index (χ3n) is 2.99. The molecule has 0 unspecified atom stereocenters. The summed E-state index contributed by atoms with van der Waals surface area (Å²) in [5, 5.41) is 11.2. The van der Waals surface area contributed by atoms with Gasteiger partial charge in [-0.05, 0) is 45.0 Å². The molecule has 0 aliphatic rings. The van der Waals surface area contributed by atoms with E-state index in [4.69, 9.17) is 4.42 Å². The summed E-state index contributed by atoms with van der Waals surface area (Å²) in [5.74, 6) is 0.470. The van der Waals surface area contributed by atoms with Crippen molar-refractivity contribution in [2.45, 2.75) is 33.1 Å². The summed E-state index contributed by atoms with van der Waals surface area (Å²) in [4.78, 5) is 0. The van der Waals surface area contributed by atoms with Gasteiger partial charge in [0.25, 0.3) is 5.89 Å². The number of aryl methyl sites for hydroxylation is 2. The van der Waals surface area contributed by atoms with Crippen molar-refractivity contribution in [3.63, 3.8) is 0 Å². The Morgan fingerprint density at radius 3 is 2.90 bits per heavy atom. The lowest BCUT2D eigenvalue weighted by atomic mass is 10.1. The quantitative estimate of drug-likeness (QED) is 0.790. The molecule has 0 bridgehead atoms. The van der Waals surface area contributed by atoms with Crippen molar-refractivity contribution in [2.75, 3.05) is 13.1 Å². The van der Waals surface area contributed by atoms with E-state index in [0.29, 0.717) is 17.9 Å². The Balaban J connectivity index is 1.96. The van der Waals surface area contributed by atoms with Gasteiger partial charge in [0, 0.05) is 6.42 Å². The monoisotopic (exact) mass is 277 g/mol. The van der Waals surface area contributed by atoms with Crippen LogP contribution in [0.15, 0.2) is 22.6 Å². The minimum absolute atomic E-state index is 0.253. The first-order chi connectivity index (χ1) is 9.70. The van der Waals surface area contributed by atoms with Gasteiger partial charge >= 0.3 is 0 Å². The average Bonchev–Trinajstić information content (AvgIpc) is 2.90. The maximum Gasteiger partial charge on any atom is 0.250 e. The number of halogens is 1. The van der Waals surface area contributed by atoms with E-state index in [1.54, 1.807) is 12.1 Å². The smallest absolute Gasteiger partial charge is 0.250 e. The highest BCUT2D eigenvalue weighted by atomic mass is 19.1. The zero-order chi connectivity index (χ0) is 14.4. The maximum absolute atomic E-state index is 13.7. The molecule has 0 radical (unpaired) electrons. The maximum atomic E-state index is 13.7. The van der Waals surface area contributed by atoms with Gasteiger partial charge in [0.15, 0.2) is 0 Å². The van der Waals surface area contributed by atoms with Crippen LogP contribution in [-0.4, -0.2) is 23.3 Å². The number of hydrogen-bond acceptors (Lipinski definition) is 4. The van der Waals surface area contributed by atoms with Crippen LogP contribution < -0.4 is 5.32 Å². The van der Waals surface area contributed by atoms with Crippen molar-refractivity contribution in [3.05, 3.63) is 35.5 Å². The van der Waals surface area contributed by atoms with Crippen LogP contribution in [0.2, 0.25) is 0 Å². The van der Waals surface area contributed by atoms with Gasteiger partial charge in [-0.3, -0.25) is 0 Å². The Morgan fingerprint density at radius 1 is 1.25 bits per heavy atom. The van der Waals surface area contributed by atoms with Crippen molar-refractivity contribution >= 4 is 0 Å². The predicted molar refractivity (Wildman–Crippen MR) is 75.9 cm³/mol. The third kappa shape index (κ3) is 3.87. The summed E-state index contributed by atoms with van der Waals surface area (Å²) in [5.41, 5.74) is 1.33. The summed E-state index contributed by atoms with van der Waals surface area (Å²) in [6, 6.07) is 4.86. The van der Waals surface area contributed by atoms with Gasteiger partial charge in [-0.25, -0.2) is 4.39 Å². The Bertz CT molecular complexity index is 554. The second-order valence-corrected chi connectivity index (χ2v) is 4.84. The zero-order valence-corrected chi connectivity index (χ0v) is 11.9. The summed E-state index contributed by atoms with van der Waals surface area (Å²) in [6.07, 6.45) is 2.76. The summed E-state index contributed by atoms with van der Waals surface area (Å²) < 4.78 is 19.2. The van der Waals surface area contributed by atoms with E-state index in [9.17, 15) is 4.39 Å². The molecule has 1 heterocycles. The van der Waals surface area contributed by atoms with Crippen molar-refractivity contribution in [1.82, 2.24) is 15.5 Å². The van der Waals surface area contributed by atoms with Crippen LogP contribution in [0.1, 0.15) is 31.2 Å². The van der Waals surface area contributed by atoms with Crippen LogP contribution in [0.5, 0.6) is 0 Å². The third-order valence-corrected chi connectivity index (χ3v) is 2.99. The van der Waals surface area contributed by atoms with Gasteiger partial charge in [0.05, 0.1) is 5.56 Å². The molecule has 4 nitrogen and oxygen atoms in total. The molecule has 0 saturated carbocycles. The molecular formula is C15H20FN3O. The molecule has 108 valence electrons. The molecule has 1 aromatic heterocycles. The van der Waals surface area contributed by atoms with Gasteiger partial charge in [-0.1, -0.05) is 18.6 Å². The normalized spacial score (nSPS) is 10.9. The fourth-order valence-corrected chi connectivity index (χ4v) is 1.93. The highest BCUT2D eigenvalue weighted by Gasteiger charge is 2.12. The Hall–Kier alpha value is -1.75. The van der Waals surface area contributed by atoms with Crippen LogP contribution in [0.25, 0.3) is 11.5 Å². The number of aromatic nitrogens is 2. The van der Waals surface area contributed by atoms with E-state index in [1.165, 1.54) is 6.07 Å². The number of rotatable bonds is 7. The molecule has 0 spiro atoms.